The Balaban J connectivity index is 2.18. The average molecular weight is 297 g/mol. The van der Waals surface area contributed by atoms with Crippen molar-refractivity contribution in [1.29, 1.82) is 0 Å². The number of rotatable bonds is 5. The van der Waals surface area contributed by atoms with Gasteiger partial charge in [-0.2, -0.15) is 0 Å². The molecule has 2 rings (SSSR count). The minimum atomic E-state index is 0.379. The van der Waals surface area contributed by atoms with Gasteiger partial charge in [0.25, 0.3) is 0 Å². The molecule has 0 saturated carbocycles. The molecule has 0 fully saturated rings. The third kappa shape index (κ3) is 3.79. The molecule has 2 nitrogen and oxygen atoms in total. The lowest BCUT2D eigenvalue weighted by Gasteiger charge is -2.10. The second kappa shape index (κ2) is 6.69. The molecule has 0 heterocycles. The van der Waals surface area contributed by atoms with Crippen LogP contribution in [0.5, 0.6) is 17.2 Å². The number of ether oxygens (including phenoxy) is 2. The molecule has 19 heavy (non-hydrogen) atoms. The van der Waals surface area contributed by atoms with E-state index in [4.69, 9.17) is 32.7 Å². The lowest BCUT2D eigenvalue weighted by atomic mass is 10.2. The van der Waals surface area contributed by atoms with Crippen molar-refractivity contribution >= 4 is 23.2 Å². The zero-order valence-electron chi connectivity index (χ0n) is 10.5. The first-order valence-electron chi connectivity index (χ1n) is 5.98. The van der Waals surface area contributed by atoms with E-state index in [0.29, 0.717) is 23.3 Å². The molecule has 4 heteroatoms. The Morgan fingerprint density at radius 1 is 1.00 bits per heavy atom. The molecule has 0 aliphatic carbocycles. The summed E-state index contributed by atoms with van der Waals surface area (Å²) in [5.41, 5.74) is 0.903. The number of hydrogen-bond donors (Lipinski definition) is 0. The smallest absolute Gasteiger partial charge is 0.133 e. The van der Waals surface area contributed by atoms with Gasteiger partial charge in [0.05, 0.1) is 12.5 Å². The molecule has 0 atom stereocenters. The molecule has 0 spiro atoms. The number of alkyl halides is 1. The molecule has 0 radical (unpaired) electrons. The van der Waals surface area contributed by atoms with E-state index in [9.17, 15) is 0 Å². The van der Waals surface area contributed by atoms with Gasteiger partial charge in [-0.15, -0.1) is 11.6 Å². The van der Waals surface area contributed by atoms with Crippen LogP contribution in [-0.4, -0.2) is 6.61 Å². The molecule has 0 unspecified atom stereocenters. The van der Waals surface area contributed by atoms with Crippen LogP contribution in [0.15, 0.2) is 42.5 Å². The number of hydrogen-bond acceptors (Lipinski definition) is 2. The van der Waals surface area contributed by atoms with E-state index >= 15 is 0 Å². The van der Waals surface area contributed by atoms with Gasteiger partial charge in [-0.25, -0.2) is 0 Å². The number of benzene rings is 2. The summed E-state index contributed by atoms with van der Waals surface area (Å²) >= 11 is 11.8. The Labute approximate surface area is 122 Å². The summed E-state index contributed by atoms with van der Waals surface area (Å²) in [6, 6.07) is 12.8. The average Bonchev–Trinajstić information content (AvgIpc) is 2.42. The molecule has 0 aliphatic rings. The summed E-state index contributed by atoms with van der Waals surface area (Å²) < 4.78 is 11.2. The molecule has 0 aliphatic heterocycles. The Bertz CT molecular complexity index is 538. The van der Waals surface area contributed by atoms with Crippen LogP contribution in [0.1, 0.15) is 12.5 Å². The number of halogens is 2. The van der Waals surface area contributed by atoms with Crippen molar-refractivity contribution < 1.29 is 9.47 Å². The van der Waals surface area contributed by atoms with Crippen molar-refractivity contribution in [3.63, 3.8) is 0 Å². The first kappa shape index (κ1) is 14.0. The van der Waals surface area contributed by atoms with Crippen molar-refractivity contribution in [2.45, 2.75) is 12.8 Å². The molecule has 0 N–H and O–H groups in total. The van der Waals surface area contributed by atoms with E-state index in [1.807, 2.05) is 37.3 Å². The largest absolute Gasteiger partial charge is 0.494 e. The molecular formula is C15H14Cl2O2. The second-order valence-electron chi connectivity index (χ2n) is 3.89. The first-order chi connectivity index (χ1) is 9.22. The zero-order chi connectivity index (χ0) is 13.7. The van der Waals surface area contributed by atoms with Gasteiger partial charge in [0, 0.05) is 10.6 Å². The van der Waals surface area contributed by atoms with E-state index in [2.05, 4.69) is 0 Å². The Morgan fingerprint density at radius 3 is 2.32 bits per heavy atom. The normalized spacial score (nSPS) is 10.3. The van der Waals surface area contributed by atoms with Gasteiger partial charge in [0.1, 0.15) is 17.2 Å². The Morgan fingerprint density at radius 2 is 1.68 bits per heavy atom. The van der Waals surface area contributed by atoms with Crippen molar-refractivity contribution in [3.05, 3.63) is 53.1 Å². The minimum absolute atomic E-state index is 0.379. The fraction of sp³-hybridized carbons (Fsp3) is 0.200. The highest BCUT2D eigenvalue weighted by Crippen LogP contribution is 2.30. The summed E-state index contributed by atoms with van der Waals surface area (Å²) in [5, 5.41) is 0.620. The Kier molecular flexibility index (Phi) is 4.94. The molecular weight excluding hydrogens is 283 g/mol. The van der Waals surface area contributed by atoms with Crippen LogP contribution in [0, 0.1) is 0 Å². The van der Waals surface area contributed by atoms with Crippen LogP contribution in [0.25, 0.3) is 0 Å². The van der Waals surface area contributed by atoms with E-state index in [0.717, 1.165) is 17.1 Å². The molecule has 2 aromatic carbocycles. The third-order valence-electron chi connectivity index (χ3n) is 2.54. The fourth-order valence-corrected chi connectivity index (χ4v) is 2.01. The van der Waals surface area contributed by atoms with Crippen molar-refractivity contribution in [2.24, 2.45) is 0 Å². The van der Waals surface area contributed by atoms with E-state index in [1.54, 1.807) is 12.1 Å². The fourth-order valence-electron chi connectivity index (χ4n) is 1.63. The van der Waals surface area contributed by atoms with Gasteiger partial charge in [-0.3, -0.25) is 0 Å². The predicted octanol–water partition coefficient (Wildman–Crippen LogP) is 5.27. The van der Waals surface area contributed by atoms with Crippen LogP contribution in [-0.2, 0) is 5.88 Å². The summed E-state index contributed by atoms with van der Waals surface area (Å²) in [6.07, 6.45) is 0. The van der Waals surface area contributed by atoms with Gasteiger partial charge in [-0.1, -0.05) is 17.7 Å². The minimum Gasteiger partial charge on any atom is -0.494 e. The predicted molar refractivity (Wildman–Crippen MR) is 78.7 cm³/mol. The molecule has 0 bridgehead atoms. The van der Waals surface area contributed by atoms with E-state index < -0.39 is 0 Å². The third-order valence-corrected chi connectivity index (χ3v) is 3.06. The molecule has 0 amide bonds. The highest BCUT2D eigenvalue weighted by molar-refractivity contribution is 6.30. The van der Waals surface area contributed by atoms with E-state index in [1.165, 1.54) is 0 Å². The molecule has 100 valence electrons. The maximum Gasteiger partial charge on any atom is 0.133 e. The lowest BCUT2D eigenvalue weighted by Crippen LogP contribution is -1.92. The summed E-state index contributed by atoms with van der Waals surface area (Å²) in [6.45, 7) is 2.59. The van der Waals surface area contributed by atoms with Crippen LogP contribution in [0.3, 0.4) is 0 Å². The maximum atomic E-state index is 5.96. The van der Waals surface area contributed by atoms with Gasteiger partial charge in [0.15, 0.2) is 0 Å². The van der Waals surface area contributed by atoms with E-state index in [-0.39, 0.29) is 0 Å². The summed E-state index contributed by atoms with van der Waals surface area (Å²) in [5.74, 6) is 2.59. The Hall–Kier alpha value is -1.38. The highest BCUT2D eigenvalue weighted by Gasteiger charge is 2.05. The standard InChI is InChI=1S/C15H14Cl2O2/c1-2-18-13-5-7-14(8-6-13)19-15-9-12(17)4-3-11(15)10-16/h3-9H,2,10H2,1H3. The quantitative estimate of drug-likeness (QED) is 0.700. The van der Waals surface area contributed by atoms with Gasteiger partial charge in [-0.05, 0) is 43.3 Å². The summed E-state index contributed by atoms with van der Waals surface area (Å²) in [4.78, 5) is 0. The van der Waals surface area contributed by atoms with Crippen molar-refractivity contribution in [2.75, 3.05) is 6.61 Å². The van der Waals surface area contributed by atoms with Crippen molar-refractivity contribution in [3.8, 4) is 17.2 Å². The first-order valence-corrected chi connectivity index (χ1v) is 6.89. The molecule has 2 aromatic rings. The van der Waals surface area contributed by atoms with Crippen molar-refractivity contribution in [1.82, 2.24) is 0 Å². The van der Waals surface area contributed by atoms with Gasteiger partial charge in [0.2, 0.25) is 0 Å². The SMILES string of the molecule is CCOc1ccc(Oc2cc(Cl)ccc2CCl)cc1. The molecule has 0 saturated heterocycles. The van der Waals surface area contributed by atoms with Gasteiger partial charge >= 0.3 is 0 Å². The zero-order valence-corrected chi connectivity index (χ0v) is 12.0. The monoisotopic (exact) mass is 296 g/mol. The lowest BCUT2D eigenvalue weighted by molar-refractivity contribution is 0.339. The second-order valence-corrected chi connectivity index (χ2v) is 4.60. The maximum absolute atomic E-state index is 5.96. The summed E-state index contributed by atoms with van der Waals surface area (Å²) in [7, 11) is 0. The topological polar surface area (TPSA) is 18.5 Å². The van der Waals surface area contributed by atoms with Crippen LogP contribution in [0.4, 0.5) is 0 Å². The van der Waals surface area contributed by atoms with Crippen LogP contribution >= 0.6 is 23.2 Å². The highest BCUT2D eigenvalue weighted by atomic mass is 35.5. The molecule has 0 aromatic heterocycles. The van der Waals surface area contributed by atoms with Gasteiger partial charge < -0.3 is 9.47 Å². The van der Waals surface area contributed by atoms with Crippen LogP contribution < -0.4 is 9.47 Å². The van der Waals surface area contributed by atoms with Crippen LogP contribution in [0.2, 0.25) is 5.02 Å².